The number of amides is 1. The van der Waals surface area contributed by atoms with E-state index in [4.69, 9.17) is 13.9 Å². The molecule has 2 aromatic rings. The minimum Gasteiger partial charge on any atom is -0.497 e. The summed E-state index contributed by atoms with van der Waals surface area (Å²) in [5, 5.41) is 5.80. The lowest BCUT2D eigenvalue weighted by molar-refractivity contribution is -0.152. The monoisotopic (exact) mass is 356 g/mol. The highest BCUT2D eigenvalue weighted by molar-refractivity contribution is 6.03. The highest BCUT2D eigenvalue weighted by Crippen LogP contribution is 2.33. The second kappa shape index (κ2) is 7.86. The van der Waals surface area contributed by atoms with Crippen LogP contribution in [0.1, 0.15) is 37.1 Å². The zero-order chi connectivity index (χ0) is 18.5. The van der Waals surface area contributed by atoms with Crippen molar-refractivity contribution in [2.45, 2.75) is 25.8 Å². The summed E-state index contributed by atoms with van der Waals surface area (Å²) in [5.41, 5.74) is 1.65. The minimum atomic E-state index is -0.425. The van der Waals surface area contributed by atoms with E-state index in [0.29, 0.717) is 12.2 Å². The number of benzene rings is 1. The summed E-state index contributed by atoms with van der Waals surface area (Å²) in [5.74, 6) is 0.560. The number of furan rings is 1. The molecule has 7 heteroatoms. The fraction of sp³-hybridized carbons (Fsp3) is 0.316. The smallest absolute Gasteiger partial charge is 0.306 e. The topological polar surface area (TPSA) is 81.3 Å². The molecule has 136 valence electrons. The molecular weight excluding hydrogens is 336 g/mol. The molecule has 0 spiro atoms. The molecule has 0 N–H and O–H groups in total. The quantitative estimate of drug-likeness (QED) is 0.744. The standard InChI is InChI=1S/C19H20N2O5/c1-3-19(23)26-12-18(22)21-16(17-5-4-10-25-17)11-15(20-21)13-6-8-14(24-2)9-7-13/h4-10,16H,3,11-12H2,1-2H3/t16-/m1/s1. The van der Waals surface area contributed by atoms with E-state index in [2.05, 4.69) is 5.10 Å². The molecule has 1 amide bonds. The Labute approximate surface area is 151 Å². The molecule has 0 saturated carbocycles. The minimum absolute atomic E-state index is 0.218. The number of ether oxygens (including phenoxy) is 2. The van der Waals surface area contributed by atoms with Crippen LogP contribution < -0.4 is 4.74 Å². The second-order valence-electron chi connectivity index (χ2n) is 5.76. The van der Waals surface area contributed by atoms with Crippen molar-refractivity contribution in [1.82, 2.24) is 5.01 Å². The maximum atomic E-state index is 12.5. The van der Waals surface area contributed by atoms with E-state index in [1.165, 1.54) is 5.01 Å². The number of nitrogens with zero attached hydrogens (tertiary/aromatic N) is 2. The molecule has 3 rings (SSSR count). The average Bonchev–Trinajstić information content (AvgIpc) is 3.35. The van der Waals surface area contributed by atoms with E-state index in [-0.39, 0.29) is 19.1 Å². The molecule has 0 radical (unpaired) electrons. The van der Waals surface area contributed by atoms with Crippen LogP contribution in [0, 0.1) is 0 Å². The van der Waals surface area contributed by atoms with Crippen molar-refractivity contribution in [3.05, 3.63) is 54.0 Å². The lowest BCUT2D eigenvalue weighted by Gasteiger charge is -2.19. The second-order valence-corrected chi connectivity index (χ2v) is 5.76. The molecule has 0 bridgehead atoms. The lowest BCUT2D eigenvalue weighted by Crippen LogP contribution is -2.31. The first-order valence-corrected chi connectivity index (χ1v) is 8.35. The maximum absolute atomic E-state index is 12.5. The molecule has 7 nitrogen and oxygen atoms in total. The van der Waals surface area contributed by atoms with Gasteiger partial charge < -0.3 is 13.9 Å². The van der Waals surface area contributed by atoms with Gasteiger partial charge in [0, 0.05) is 12.8 Å². The van der Waals surface area contributed by atoms with E-state index in [1.54, 1.807) is 32.4 Å². The number of methoxy groups -OCH3 is 1. The summed E-state index contributed by atoms with van der Waals surface area (Å²) in [6.07, 6.45) is 2.28. The van der Waals surface area contributed by atoms with Gasteiger partial charge in [-0.15, -0.1) is 0 Å². The largest absolute Gasteiger partial charge is 0.497 e. The Morgan fingerprint density at radius 2 is 2.04 bits per heavy atom. The molecule has 1 aliphatic rings. The predicted octanol–water partition coefficient (Wildman–Crippen LogP) is 2.92. The average molecular weight is 356 g/mol. The van der Waals surface area contributed by atoms with E-state index in [9.17, 15) is 9.59 Å². The summed E-state index contributed by atoms with van der Waals surface area (Å²) >= 11 is 0. The van der Waals surface area contributed by atoms with Crippen LogP contribution in [0.4, 0.5) is 0 Å². The number of rotatable bonds is 6. The Kier molecular flexibility index (Phi) is 5.36. The Morgan fingerprint density at radius 1 is 1.27 bits per heavy atom. The number of hydrogen-bond acceptors (Lipinski definition) is 6. The van der Waals surface area contributed by atoms with Crippen LogP contribution in [0.15, 0.2) is 52.2 Å². The third kappa shape index (κ3) is 3.77. The van der Waals surface area contributed by atoms with Crippen LogP contribution in [0.5, 0.6) is 5.75 Å². The molecule has 1 aliphatic heterocycles. The predicted molar refractivity (Wildman–Crippen MR) is 93.7 cm³/mol. The van der Waals surface area contributed by atoms with Crippen LogP contribution in [-0.4, -0.2) is 36.3 Å². The molecule has 0 fully saturated rings. The number of hydrazone groups is 1. The zero-order valence-electron chi connectivity index (χ0n) is 14.7. The number of carbonyl (C=O) groups excluding carboxylic acids is 2. The lowest BCUT2D eigenvalue weighted by atomic mass is 10.0. The van der Waals surface area contributed by atoms with Gasteiger partial charge in [-0.1, -0.05) is 6.92 Å². The number of carbonyl (C=O) groups is 2. The summed E-state index contributed by atoms with van der Waals surface area (Å²) in [4.78, 5) is 23.9. The zero-order valence-corrected chi connectivity index (χ0v) is 14.7. The third-order valence-electron chi connectivity index (χ3n) is 4.11. The van der Waals surface area contributed by atoms with Gasteiger partial charge in [-0.2, -0.15) is 5.10 Å². The van der Waals surface area contributed by atoms with Crippen molar-refractivity contribution >= 4 is 17.6 Å². The van der Waals surface area contributed by atoms with Crippen molar-refractivity contribution < 1.29 is 23.5 Å². The molecule has 1 aromatic carbocycles. The molecule has 1 aromatic heterocycles. The summed E-state index contributed by atoms with van der Waals surface area (Å²) < 4.78 is 15.6. The normalized spacial score (nSPS) is 16.3. The Bertz CT molecular complexity index is 796. The highest BCUT2D eigenvalue weighted by Gasteiger charge is 2.35. The van der Waals surface area contributed by atoms with Gasteiger partial charge in [-0.3, -0.25) is 9.59 Å². The third-order valence-corrected chi connectivity index (χ3v) is 4.11. The molecule has 1 atom stereocenters. The number of hydrogen-bond donors (Lipinski definition) is 0. The van der Waals surface area contributed by atoms with Crippen molar-refractivity contribution in [1.29, 1.82) is 0 Å². The van der Waals surface area contributed by atoms with Crippen molar-refractivity contribution in [2.75, 3.05) is 13.7 Å². The summed E-state index contributed by atoms with van der Waals surface area (Å²) in [6.45, 7) is 1.33. The van der Waals surface area contributed by atoms with Crippen molar-refractivity contribution in [3.63, 3.8) is 0 Å². The van der Waals surface area contributed by atoms with Crippen LogP contribution in [-0.2, 0) is 14.3 Å². The van der Waals surface area contributed by atoms with Crippen LogP contribution in [0.25, 0.3) is 0 Å². The first-order chi connectivity index (χ1) is 12.6. The van der Waals surface area contributed by atoms with E-state index in [0.717, 1.165) is 17.0 Å². The Morgan fingerprint density at radius 3 is 2.65 bits per heavy atom. The highest BCUT2D eigenvalue weighted by atomic mass is 16.5. The van der Waals surface area contributed by atoms with Crippen LogP contribution in [0.2, 0.25) is 0 Å². The van der Waals surface area contributed by atoms with Gasteiger partial charge in [-0.25, -0.2) is 5.01 Å². The van der Waals surface area contributed by atoms with E-state index in [1.807, 2.05) is 24.3 Å². The SMILES string of the molecule is CCC(=O)OCC(=O)N1N=C(c2ccc(OC)cc2)C[C@@H]1c1ccco1. The van der Waals surface area contributed by atoms with E-state index >= 15 is 0 Å². The van der Waals surface area contributed by atoms with Gasteiger partial charge in [-0.05, 0) is 42.0 Å². The maximum Gasteiger partial charge on any atom is 0.306 e. The van der Waals surface area contributed by atoms with Gasteiger partial charge in [0.2, 0.25) is 0 Å². The van der Waals surface area contributed by atoms with Crippen LogP contribution >= 0.6 is 0 Å². The van der Waals surface area contributed by atoms with Gasteiger partial charge in [0.1, 0.15) is 17.6 Å². The fourth-order valence-corrected chi connectivity index (χ4v) is 2.71. The van der Waals surface area contributed by atoms with Gasteiger partial charge >= 0.3 is 5.97 Å². The molecule has 0 unspecified atom stereocenters. The fourth-order valence-electron chi connectivity index (χ4n) is 2.71. The number of esters is 1. The van der Waals surface area contributed by atoms with E-state index < -0.39 is 11.9 Å². The molecule has 0 aliphatic carbocycles. The first kappa shape index (κ1) is 17.7. The Hall–Kier alpha value is -3.09. The van der Waals surface area contributed by atoms with Gasteiger partial charge in [0.15, 0.2) is 6.61 Å². The first-order valence-electron chi connectivity index (χ1n) is 8.35. The molecule has 0 saturated heterocycles. The summed E-state index contributed by atoms with van der Waals surface area (Å²) in [7, 11) is 1.60. The molecule has 26 heavy (non-hydrogen) atoms. The molecular formula is C19H20N2O5. The Balaban J connectivity index is 1.82. The van der Waals surface area contributed by atoms with Crippen molar-refractivity contribution in [3.8, 4) is 5.75 Å². The summed E-state index contributed by atoms with van der Waals surface area (Å²) in [6, 6.07) is 10.7. The molecule has 2 heterocycles. The van der Waals surface area contributed by atoms with Crippen LogP contribution in [0.3, 0.4) is 0 Å². The van der Waals surface area contributed by atoms with Crippen molar-refractivity contribution in [2.24, 2.45) is 5.10 Å². The van der Waals surface area contributed by atoms with Gasteiger partial charge in [0.25, 0.3) is 5.91 Å². The van der Waals surface area contributed by atoms with Gasteiger partial charge in [0.05, 0.1) is 19.1 Å².